The van der Waals surface area contributed by atoms with Gasteiger partial charge in [0.1, 0.15) is 24.5 Å². The van der Waals surface area contributed by atoms with E-state index in [-0.39, 0.29) is 37.9 Å². The SMILES string of the molecule is Cc1cc(OC[C@@]2(CC(=O)N3CCOCC3)CN(C(=O)Cn3cccn3)CCO2)ccc1Cl. The lowest BCUT2D eigenvalue weighted by molar-refractivity contribution is -0.167. The van der Waals surface area contributed by atoms with Crippen LogP contribution in [0.5, 0.6) is 5.75 Å². The van der Waals surface area contributed by atoms with Gasteiger partial charge < -0.3 is 24.0 Å². The minimum Gasteiger partial charge on any atom is -0.490 e. The van der Waals surface area contributed by atoms with E-state index in [2.05, 4.69) is 5.10 Å². The highest BCUT2D eigenvalue weighted by Crippen LogP contribution is 2.27. The van der Waals surface area contributed by atoms with E-state index in [4.69, 9.17) is 25.8 Å². The number of rotatable bonds is 7. The number of halogens is 1. The van der Waals surface area contributed by atoms with Crippen LogP contribution in [0.4, 0.5) is 0 Å². The summed E-state index contributed by atoms with van der Waals surface area (Å²) in [7, 11) is 0. The van der Waals surface area contributed by atoms with Gasteiger partial charge in [0.2, 0.25) is 11.8 Å². The highest BCUT2D eigenvalue weighted by atomic mass is 35.5. The summed E-state index contributed by atoms with van der Waals surface area (Å²) < 4.78 is 19.2. The highest BCUT2D eigenvalue weighted by Gasteiger charge is 2.42. The molecule has 2 aromatic rings. The molecule has 0 spiro atoms. The Balaban J connectivity index is 1.49. The van der Waals surface area contributed by atoms with Crippen molar-refractivity contribution in [1.82, 2.24) is 19.6 Å². The number of hydrogen-bond acceptors (Lipinski definition) is 6. The Bertz CT molecular complexity index is 964. The number of aromatic nitrogens is 2. The van der Waals surface area contributed by atoms with Crippen LogP contribution >= 0.6 is 11.6 Å². The van der Waals surface area contributed by atoms with Gasteiger partial charge in [-0.2, -0.15) is 5.10 Å². The molecule has 0 N–H and O–H groups in total. The summed E-state index contributed by atoms with van der Waals surface area (Å²) in [6.07, 6.45) is 3.50. The number of carbonyl (C=O) groups is 2. The molecule has 2 aliphatic heterocycles. The molecule has 1 atom stereocenters. The number of nitrogens with zero attached hydrogens (tertiary/aromatic N) is 4. The third-order valence-corrected chi connectivity index (χ3v) is 6.35. The van der Waals surface area contributed by atoms with Gasteiger partial charge in [-0.3, -0.25) is 14.3 Å². The lowest BCUT2D eigenvalue weighted by atomic mass is 9.96. The Morgan fingerprint density at radius 3 is 2.67 bits per heavy atom. The summed E-state index contributed by atoms with van der Waals surface area (Å²) in [4.78, 5) is 29.6. The summed E-state index contributed by atoms with van der Waals surface area (Å²) in [5, 5.41) is 4.77. The first kappa shape index (κ1) is 23.5. The van der Waals surface area contributed by atoms with E-state index < -0.39 is 5.60 Å². The lowest BCUT2D eigenvalue weighted by Crippen LogP contribution is -2.59. The summed E-state index contributed by atoms with van der Waals surface area (Å²) in [5.74, 6) is 0.529. The van der Waals surface area contributed by atoms with E-state index in [9.17, 15) is 9.59 Å². The predicted molar refractivity (Wildman–Crippen MR) is 121 cm³/mol. The second-order valence-electron chi connectivity index (χ2n) is 8.42. The van der Waals surface area contributed by atoms with Crippen molar-refractivity contribution < 1.29 is 23.8 Å². The van der Waals surface area contributed by atoms with Crippen molar-refractivity contribution in [2.75, 3.05) is 52.6 Å². The summed E-state index contributed by atoms with van der Waals surface area (Å²) in [6, 6.07) is 7.19. The molecule has 2 aliphatic rings. The molecule has 33 heavy (non-hydrogen) atoms. The van der Waals surface area contributed by atoms with Crippen molar-refractivity contribution in [3.05, 3.63) is 47.2 Å². The number of hydrogen-bond donors (Lipinski definition) is 0. The van der Waals surface area contributed by atoms with Gasteiger partial charge in [-0.15, -0.1) is 0 Å². The van der Waals surface area contributed by atoms with Gasteiger partial charge in [0.15, 0.2) is 0 Å². The van der Waals surface area contributed by atoms with E-state index >= 15 is 0 Å². The first-order valence-corrected chi connectivity index (χ1v) is 11.5. The van der Waals surface area contributed by atoms with Gasteiger partial charge in [-0.25, -0.2) is 0 Å². The standard InChI is InChI=1S/C23H29ClN4O5/c1-18-13-19(3-4-20(18)24)32-17-23(14-21(29)26-7-10-31-11-8-26)16-27(9-12-33-23)22(30)15-28-6-2-5-25-28/h2-6,13H,7-12,14-17H2,1H3/t23-/m1/s1. The van der Waals surface area contributed by atoms with Crippen molar-refractivity contribution in [3.8, 4) is 5.75 Å². The molecule has 1 aromatic heterocycles. The fourth-order valence-corrected chi connectivity index (χ4v) is 4.18. The summed E-state index contributed by atoms with van der Waals surface area (Å²) in [6.45, 7) is 5.35. The van der Waals surface area contributed by atoms with E-state index in [1.165, 1.54) is 0 Å². The molecule has 10 heteroatoms. The Morgan fingerprint density at radius 1 is 1.15 bits per heavy atom. The number of aryl methyl sites for hydroxylation is 1. The maximum atomic E-state index is 13.1. The molecule has 0 unspecified atom stereocenters. The Labute approximate surface area is 198 Å². The Hall–Kier alpha value is -2.62. The molecular formula is C23H29ClN4O5. The number of morpholine rings is 2. The van der Waals surface area contributed by atoms with Crippen molar-refractivity contribution in [2.24, 2.45) is 0 Å². The van der Waals surface area contributed by atoms with Crippen LogP contribution < -0.4 is 4.74 Å². The van der Waals surface area contributed by atoms with Gasteiger partial charge in [0, 0.05) is 37.1 Å². The third-order valence-electron chi connectivity index (χ3n) is 5.93. The number of ether oxygens (including phenoxy) is 3. The van der Waals surface area contributed by atoms with E-state index in [0.29, 0.717) is 50.2 Å². The maximum absolute atomic E-state index is 13.1. The third kappa shape index (κ3) is 6.04. The van der Waals surface area contributed by atoms with E-state index in [1.54, 1.807) is 45.1 Å². The largest absolute Gasteiger partial charge is 0.490 e. The molecule has 0 aliphatic carbocycles. The first-order valence-electron chi connectivity index (χ1n) is 11.1. The second-order valence-corrected chi connectivity index (χ2v) is 8.83. The highest BCUT2D eigenvalue weighted by molar-refractivity contribution is 6.31. The number of benzene rings is 1. The van der Waals surface area contributed by atoms with Crippen LogP contribution in [0.1, 0.15) is 12.0 Å². The zero-order valence-corrected chi connectivity index (χ0v) is 19.5. The van der Waals surface area contributed by atoms with Crippen LogP contribution in [-0.4, -0.2) is 89.6 Å². The van der Waals surface area contributed by atoms with Crippen LogP contribution in [0.25, 0.3) is 0 Å². The molecule has 2 amide bonds. The smallest absolute Gasteiger partial charge is 0.244 e. The number of carbonyl (C=O) groups excluding carboxylic acids is 2. The van der Waals surface area contributed by atoms with Gasteiger partial charge >= 0.3 is 0 Å². The quantitative estimate of drug-likeness (QED) is 0.605. The van der Waals surface area contributed by atoms with Crippen molar-refractivity contribution in [1.29, 1.82) is 0 Å². The minimum absolute atomic E-state index is 0.0319. The van der Waals surface area contributed by atoms with E-state index in [1.807, 2.05) is 13.0 Å². The summed E-state index contributed by atoms with van der Waals surface area (Å²) >= 11 is 6.13. The van der Waals surface area contributed by atoms with Crippen molar-refractivity contribution in [3.63, 3.8) is 0 Å². The van der Waals surface area contributed by atoms with Gasteiger partial charge in [-0.1, -0.05) is 11.6 Å². The summed E-state index contributed by atoms with van der Waals surface area (Å²) in [5.41, 5.74) is -0.0609. The lowest BCUT2D eigenvalue weighted by Gasteiger charge is -2.43. The normalized spacial score (nSPS) is 21.2. The molecular weight excluding hydrogens is 448 g/mol. The van der Waals surface area contributed by atoms with Gasteiger partial charge in [-0.05, 0) is 36.8 Å². The number of amides is 2. The second kappa shape index (κ2) is 10.5. The van der Waals surface area contributed by atoms with Crippen LogP contribution in [0, 0.1) is 6.92 Å². The average molecular weight is 477 g/mol. The Kier molecular flexibility index (Phi) is 7.52. The average Bonchev–Trinajstić information content (AvgIpc) is 3.34. The first-order chi connectivity index (χ1) is 15.9. The predicted octanol–water partition coefficient (Wildman–Crippen LogP) is 1.77. The van der Waals surface area contributed by atoms with Gasteiger partial charge in [0.05, 0.1) is 32.8 Å². The zero-order chi connectivity index (χ0) is 23.3. The molecule has 0 radical (unpaired) electrons. The molecule has 0 bridgehead atoms. The molecule has 9 nitrogen and oxygen atoms in total. The zero-order valence-electron chi connectivity index (χ0n) is 18.7. The fourth-order valence-electron chi connectivity index (χ4n) is 4.06. The minimum atomic E-state index is -0.957. The molecule has 4 rings (SSSR count). The molecule has 0 saturated carbocycles. The van der Waals surface area contributed by atoms with Crippen LogP contribution in [0.2, 0.25) is 5.02 Å². The van der Waals surface area contributed by atoms with Crippen LogP contribution in [0.15, 0.2) is 36.7 Å². The molecule has 3 heterocycles. The maximum Gasteiger partial charge on any atom is 0.244 e. The van der Waals surface area contributed by atoms with Gasteiger partial charge in [0.25, 0.3) is 0 Å². The van der Waals surface area contributed by atoms with Crippen LogP contribution in [-0.2, 0) is 25.6 Å². The molecule has 1 aromatic carbocycles. The molecule has 2 fully saturated rings. The topological polar surface area (TPSA) is 86.1 Å². The Morgan fingerprint density at radius 2 is 1.94 bits per heavy atom. The van der Waals surface area contributed by atoms with Crippen molar-refractivity contribution >= 4 is 23.4 Å². The monoisotopic (exact) mass is 476 g/mol. The fraction of sp³-hybridized carbons (Fsp3) is 0.522. The van der Waals surface area contributed by atoms with E-state index in [0.717, 1.165) is 5.56 Å². The van der Waals surface area contributed by atoms with Crippen molar-refractivity contribution in [2.45, 2.75) is 25.5 Å². The molecule has 178 valence electrons. The molecule has 2 saturated heterocycles. The van der Waals surface area contributed by atoms with Crippen LogP contribution in [0.3, 0.4) is 0 Å².